The molecular weight excluding hydrogens is 310 g/mol. The van der Waals surface area contributed by atoms with E-state index in [1.807, 2.05) is 13.8 Å². The van der Waals surface area contributed by atoms with Gasteiger partial charge in [-0.15, -0.1) is 0 Å². The Bertz CT molecular complexity index is 635. The molecule has 2 bridgehead atoms. The van der Waals surface area contributed by atoms with Crippen LogP contribution >= 0.6 is 11.8 Å². The normalized spacial score (nSPS) is 35.8. The van der Waals surface area contributed by atoms with Gasteiger partial charge in [-0.2, -0.15) is 8.42 Å². The quantitative estimate of drug-likeness (QED) is 0.741. The second-order valence-electron chi connectivity index (χ2n) is 6.43. The van der Waals surface area contributed by atoms with Crippen LogP contribution < -0.4 is 0 Å². The van der Waals surface area contributed by atoms with Crippen LogP contribution in [0.15, 0.2) is 17.3 Å². The Morgan fingerprint density at radius 2 is 2.29 bits per heavy atom. The van der Waals surface area contributed by atoms with Crippen molar-refractivity contribution in [3.8, 4) is 0 Å². The number of ketones is 1. The lowest BCUT2D eigenvalue weighted by molar-refractivity contribution is -0.128. The predicted octanol–water partition coefficient (Wildman–Crippen LogP) is 2.38. The molecule has 1 heterocycles. The van der Waals surface area contributed by atoms with Crippen LogP contribution in [0.1, 0.15) is 33.1 Å². The summed E-state index contributed by atoms with van der Waals surface area (Å²) < 4.78 is 29.2. The molecule has 2 aliphatic carbocycles. The van der Waals surface area contributed by atoms with Gasteiger partial charge < -0.3 is 0 Å². The van der Waals surface area contributed by atoms with Crippen molar-refractivity contribution in [2.75, 3.05) is 5.75 Å². The fraction of sp³-hybridized carbons (Fsp3) is 0.643. The van der Waals surface area contributed by atoms with Crippen molar-refractivity contribution in [1.82, 2.24) is 0 Å². The SMILES string of the molecule is CC1(C)C2CCC1(CS(=O)(=O)ON=C1C=C[C]S1)C(=O)C2. The molecule has 5 nitrogen and oxygen atoms in total. The molecule has 2 fully saturated rings. The van der Waals surface area contributed by atoms with E-state index < -0.39 is 15.5 Å². The molecule has 0 amide bonds. The van der Waals surface area contributed by atoms with Crippen LogP contribution in [0.25, 0.3) is 0 Å². The van der Waals surface area contributed by atoms with E-state index in [0.29, 0.717) is 17.9 Å². The second kappa shape index (κ2) is 4.84. The molecule has 7 heteroatoms. The van der Waals surface area contributed by atoms with Gasteiger partial charge >= 0.3 is 10.1 Å². The lowest BCUT2D eigenvalue weighted by Gasteiger charge is -2.35. The lowest BCUT2D eigenvalue weighted by Crippen LogP contribution is -2.42. The van der Waals surface area contributed by atoms with Gasteiger partial charge in [-0.05, 0) is 30.3 Å². The van der Waals surface area contributed by atoms with E-state index in [1.165, 1.54) is 11.8 Å². The highest BCUT2D eigenvalue weighted by atomic mass is 32.2. The Balaban J connectivity index is 1.80. The molecule has 0 saturated heterocycles. The number of carbonyl (C=O) groups is 1. The fourth-order valence-corrected chi connectivity index (χ4v) is 5.85. The molecule has 0 N–H and O–H groups in total. The average molecular weight is 327 g/mol. The first-order chi connectivity index (χ1) is 9.77. The highest BCUT2D eigenvalue weighted by molar-refractivity contribution is 8.16. The molecule has 3 aliphatic rings. The number of hydrogen-bond acceptors (Lipinski definition) is 6. The lowest BCUT2D eigenvalue weighted by atomic mass is 9.70. The van der Waals surface area contributed by atoms with Gasteiger partial charge in [0.05, 0.1) is 11.2 Å². The Morgan fingerprint density at radius 3 is 2.81 bits per heavy atom. The summed E-state index contributed by atoms with van der Waals surface area (Å²) in [6.45, 7) is 3.99. The van der Waals surface area contributed by atoms with Gasteiger partial charge in [0.15, 0.2) is 0 Å². The van der Waals surface area contributed by atoms with E-state index >= 15 is 0 Å². The molecule has 2 radical (unpaired) electrons. The Hall–Kier alpha value is -0.820. The standard InChI is InChI=1S/C14H17NO4S2/c1-13(2)10-5-6-14(13,11(16)8-10)9-21(17,18)19-15-12-4-3-7-20-12/h3-4,10H,5-6,8-9H2,1-2H3. The van der Waals surface area contributed by atoms with Crippen LogP contribution in [-0.2, 0) is 19.2 Å². The van der Waals surface area contributed by atoms with Crippen LogP contribution in [0.5, 0.6) is 0 Å². The Kier molecular flexibility index (Phi) is 3.48. The van der Waals surface area contributed by atoms with Gasteiger partial charge in [0.2, 0.25) is 0 Å². The fourth-order valence-electron chi connectivity index (χ4n) is 3.81. The third kappa shape index (κ3) is 2.34. The van der Waals surface area contributed by atoms with Crippen molar-refractivity contribution < 1.29 is 17.5 Å². The van der Waals surface area contributed by atoms with E-state index in [-0.39, 0.29) is 22.9 Å². The molecule has 2 unspecified atom stereocenters. The number of Topliss-reactive ketones (excluding diaryl/α,β-unsaturated/α-hetero) is 1. The maximum Gasteiger partial charge on any atom is 0.329 e. The molecule has 3 rings (SSSR count). The van der Waals surface area contributed by atoms with E-state index in [9.17, 15) is 13.2 Å². The number of oxime groups is 1. The van der Waals surface area contributed by atoms with Gasteiger partial charge in [0.1, 0.15) is 16.6 Å². The molecule has 0 aromatic carbocycles. The molecule has 2 saturated carbocycles. The molecule has 114 valence electrons. The zero-order chi connectivity index (χ0) is 15.3. The van der Waals surface area contributed by atoms with Crippen molar-refractivity contribution in [3.05, 3.63) is 17.9 Å². The molecule has 0 spiro atoms. The summed E-state index contributed by atoms with van der Waals surface area (Å²) in [5.41, 5.74) is -1.11. The Labute approximate surface area is 129 Å². The van der Waals surface area contributed by atoms with Crippen LogP contribution in [0.2, 0.25) is 0 Å². The van der Waals surface area contributed by atoms with E-state index in [4.69, 9.17) is 4.28 Å². The van der Waals surface area contributed by atoms with Crippen molar-refractivity contribution in [2.45, 2.75) is 33.1 Å². The largest absolute Gasteiger partial charge is 0.329 e. The highest BCUT2D eigenvalue weighted by Gasteiger charge is 2.65. The van der Waals surface area contributed by atoms with Crippen LogP contribution in [0.3, 0.4) is 0 Å². The molecule has 2 atom stereocenters. The monoisotopic (exact) mass is 327 g/mol. The van der Waals surface area contributed by atoms with Gasteiger partial charge in [-0.3, -0.25) is 9.08 Å². The van der Waals surface area contributed by atoms with E-state index in [2.05, 4.69) is 10.9 Å². The minimum atomic E-state index is -3.88. The number of thioether (sulfide) groups is 1. The molecule has 21 heavy (non-hydrogen) atoms. The van der Waals surface area contributed by atoms with E-state index in [1.54, 1.807) is 12.2 Å². The van der Waals surface area contributed by atoms with Crippen LogP contribution in [-0.4, -0.2) is 25.0 Å². The summed E-state index contributed by atoms with van der Waals surface area (Å²) in [5.74, 6) is 2.86. The van der Waals surface area contributed by atoms with Crippen molar-refractivity contribution in [1.29, 1.82) is 0 Å². The molecule has 0 aromatic heterocycles. The first-order valence-corrected chi connectivity index (χ1v) is 9.28. The van der Waals surface area contributed by atoms with Crippen molar-refractivity contribution in [3.63, 3.8) is 0 Å². The predicted molar refractivity (Wildman–Crippen MR) is 80.8 cm³/mol. The zero-order valence-corrected chi connectivity index (χ0v) is 13.6. The molecule has 1 aliphatic heterocycles. The summed E-state index contributed by atoms with van der Waals surface area (Å²) in [4.78, 5) is 12.3. The average Bonchev–Trinajstić information content (AvgIpc) is 3.02. The second-order valence-corrected chi connectivity index (χ2v) is 8.84. The summed E-state index contributed by atoms with van der Waals surface area (Å²) in [6.07, 6.45) is 5.28. The molecule has 0 aromatic rings. The molecular formula is C14H17NO4S2. The topological polar surface area (TPSA) is 72.8 Å². The summed E-state index contributed by atoms with van der Waals surface area (Å²) in [7, 11) is -3.88. The highest BCUT2D eigenvalue weighted by Crippen LogP contribution is 2.64. The third-order valence-corrected chi connectivity index (χ3v) is 7.08. The van der Waals surface area contributed by atoms with Crippen LogP contribution in [0.4, 0.5) is 0 Å². The maximum absolute atomic E-state index is 12.3. The van der Waals surface area contributed by atoms with Gasteiger partial charge in [-0.25, -0.2) is 0 Å². The van der Waals surface area contributed by atoms with Crippen molar-refractivity contribution in [2.24, 2.45) is 21.9 Å². The van der Waals surface area contributed by atoms with Gasteiger partial charge in [-0.1, -0.05) is 36.8 Å². The smallest absolute Gasteiger partial charge is 0.299 e. The number of hydrogen-bond donors (Lipinski definition) is 0. The number of fused-ring (bicyclic) bond motifs is 2. The first-order valence-electron chi connectivity index (χ1n) is 6.88. The number of nitrogens with zero attached hydrogens (tertiary/aromatic N) is 1. The summed E-state index contributed by atoms with van der Waals surface area (Å²) in [5, 5.41) is 4.06. The number of carbonyl (C=O) groups excluding carboxylic acids is 1. The summed E-state index contributed by atoms with van der Waals surface area (Å²) >= 11 is 1.17. The first kappa shape index (κ1) is 15.1. The number of rotatable bonds is 4. The van der Waals surface area contributed by atoms with E-state index in [0.717, 1.165) is 6.42 Å². The maximum atomic E-state index is 12.3. The summed E-state index contributed by atoms with van der Waals surface area (Å²) in [6, 6.07) is 0. The third-order valence-electron chi connectivity index (χ3n) is 5.26. The van der Waals surface area contributed by atoms with Crippen LogP contribution in [0, 0.1) is 22.5 Å². The zero-order valence-electron chi connectivity index (χ0n) is 12.0. The van der Waals surface area contributed by atoms with Crippen molar-refractivity contribution >= 4 is 32.7 Å². The minimum absolute atomic E-state index is 0.0559. The van der Waals surface area contributed by atoms with Gasteiger partial charge in [0, 0.05) is 6.42 Å². The Morgan fingerprint density at radius 1 is 1.52 bits per heavy atom. The van der Waals surface area contributed by atoms with Gasteiger partial charge in [0.25, 0.3) is 0 Å². The minimum Gasteiger partial charge on any atom is -0.299 e.